The Morgan fingerprint density at radius 3 is 0.960 bits per heavy atom. The van der Waals surface area contributed by atoms with Gasteiger partial charge in [0.15, 0.2) is 56.4 Å². The number of aliphatic carboxylic acids is 1. The molecule has 700 valence electrons. The number of alkyl carbamates (subject to hydrolysis) is 1. The molecule has 0 bridgehead atoms. The molecule has 9 aliphatic rings. The number of nitrogens with one attached hydrogen (secondary N) is 5. The second-order valence-electron chi connectivity index (χ2n) is 31.0. The Kier molecular flexibility index (Phi) is 34.3. The fraction of sp³-hybridized carbons (Fsp3) is 0.757. The second-order valence-corrected chi connectivity index (χ2v) is 31.0. The Labute approximate surface area is 703 Å². The number of carboxylic acids is 1. The van der Waals surface area contributed by atoms with Crippen molar-refractivity contribution in [3.63, 3.8) is 0 Å². The summed E-state index contributed by atoms with van der Waals surface area (Å²) in [5, 5.41) is 256. The van der Waals surface area contributed by atoms with Crippen molar-refractivity contribution in [3.05, 3.63) is 59.7 Å². The Hall–Kier alpha value is -6.42. The van der Waals surface area contributed by atoms with Gasteiger partial charge in [-0.1, -0.05) is 48.5 Å². The third-order valence-corrected chi connectivity index (χ3v) is 22.6. The Morgan fingerprint density at radius 2 is 0.613 bits per heavy atom. The number of aliphatic hydroxyl groups is 21. The predicted octanol–water partition coefficient (Wildman–Crippen LogP) is -14.9. The number of benzene rings is 2. The largest absolute Gasteiger partial charge is 0.480 e. The number of carbonyl (C=O) groups is 6. The molecule has 50 nitrogen and oxygen atoms in total. The second kappa shape index (κ2) is 43.3. The van der Waals surface area contributed by atoms with Gasteiger partial charge in [0.1, 0.15) is 202 Å². The summed E-state index contributed by atoms with van der Waals surface area (Å²) in [6, 6.07) is 5.34. The molecule has 0 saturated carbocycles. The lowest BCUT2D eigenvalue weighted by atomic mass is 9.93. The van der Waals surface area contributed by atoms with E-state index in [0.717, 1.165) is 49.9 Å². The van der Waals surface area contributed by atoms with Crippen LogP contribution in [0.2, 0.25) is 0 Å². The number of amides is 5. The van der Waals surface area contributed by atoms with Gasteiger partial charge in [-0.15, -0.1) is 0 Å². The van der Waals surface area contributed by atoms with E-state index in [9.17, 15) is 141 Å². The Bertz CT molecular complexity index is 3790. The molecule has 0 radical (unpaired) electrons. The number of aliphatic hydroxyl groups excluding tert-OH is 21. The molecule has 0 spiro atoms. The molecule has 50 heteroatoms. The van der Waals surface area contributed by atoms with Gasteiger partial charge in [-0.3, -0.25) is 19.2 Å². The molecule has 2 aromatic rings. The smallest absolute Gasteiger partial charge is 0.407 e. The van der Waals surface area contributed by atoms with E-state index >= 15 is 0 Å². The summed E-state index contributed by atoms with van der Waals surface area (Å²) < 4.78 is 100. The van der Waals surface area contributed by atoms with E-state index in [-0.39, 0.29) is 6.61 Å². The average Bonchev–Trinajstić information content (AvgIpc) is 1.53. The zero-order valence-corrected chi connectivity index (χ0v) is 66.7. The van der Waals surface area contributed by atoms with E-state index in [4.69, 9.17) is 80.5 Å². The Balaban J connectivity index is 0.785. The quantitative estimate of drug-likeness (QED) is 0.0315. The highest BCUT2D eigenvalue weighted by atomic mass is 16.8. The number of hydrogen-bond acceptors (Lipinski definition) is 44. The average molecular weight is 1790 g/mol. The van der Waals surface area contributed by atoms with Crippen molar-refractivity contribution >= 4 is 35.7 Å². The summed E-state index contributed by atoms with van der Waals surface area (Å²) in [6.07, 6.45) is -73.9. The number of fused-ring (bicyclic) bond motifs is 3. The zero-order chi connectivity index (χ0) is 90.3. The highest BCUT2D eigenvalue weighted by Crippen LogP contribution is 2.45. The molecule has 8 aliphatic heterocycles. The molecule has 8 saturated heterocycles. The van der Waals surface area contributed by atoms with Crippen LogP contribution in [0.15, 0.2) is 48.5 Å². The number of hydrogen-bond donors (Lipinski definition) is 27. The zero-order valence-electron chi connectivity index (χ0n) is 66.7. The number of carbonyl (C=O) groups excluding carboxylic acids is 5. The monoisotopic (exact) mass is 1790 g/mol. The van der Waals surface area contributed by atoms with E-state index in [1.165, 1.54) is 0 Å². The SMILES string of the molecule is CC(=O)N[C@H]1[C@H](OCC(NC(=O)OCC2c3ccccc3-c3ccccc32)C(=O)O)O[C@H](COC2O[C@H](CO)[C@@H](OC3O[C@H](CO)[C@H](O)[C@H](OC4O[C@H](CO)[C@@H](OC5O[C@H](CO)[C@H](O)[C@H](OC6O[C@H](CO)[C@@H](OC7O[C@H](CO)[C@H](O)[C@H](O)[C@H]7O)[C@H](O)[C@H]6NC(C)=O)[C@H]5O)[C@H](O)[C@H]4NC(C)=O)[C@H]3O)[C@H](O)[C@H]2NC(C)=O)C(O[C@@H]2O[C@H](CO)[C@H](O)C(O)[C@H]2O)[C@@H]1O. The molecule has 11 rings (SSSR count). The first kappa shape index (κ1) is 98.2. The lowest BCUT2D eigenvalue weighted by Gasteiger charge is -2.51. The molecule has 5 amide bonds. The topological polar surface area (TPSA) is 765 Å². The lowest BCUT2D eigenvalue weighted by molar-refractivity contribution is -0.386. The van der Waals surface area contributed by atoms with E-state index in [1.54, 1.807) is 12.1 Å². The lowest BCUT2D eigenvalue weighted by Crippen LogP contribution is -2.71. The number of carboxylic acid groups (broad SMARTS) is 1. The summed E-state index contributed by atoms with van der Waals surface area (Å²) in [5.41, 5.74) is 3.45. The van der Waals surface area contributed by atoms with Gasteiger partial charge in [0.05, 0.1) is 59.5 Å². The summed E-state index contributed by atoms with van der Waals surface area (Å²) in [5.74, 6) is -5.78. The third kappa shape index (κ3) is 21.7. The summed E-state index contributed by atoms with van der Waals surface area (Å²) in [7, 11) is 0. The first-order valence-electron chi connectivity index (χ1n) is 39.6. The van der Waals surface area contributed by atoms with Crippen LogP contribution in [0.1, 0.15) is 44.7 Å². The maximum atomic E-state index is 13.5. The fourth-order valence-electron chi connectivity index (χ4n) is 16.3. The maximum absolute atomic E-state index is 13.5. The molecular weight excluding hydrogens is 1680 g/mol. The molecule has 41 atom stereocenters. The van der Waals surface area contributed by atoms with Gasteiger partial charge in [0.2, 0.25) is 23.6 Å². The molecule has 27 N–H and O–H groups in total. The standard InChI is InChI=1S/C74H109N5O45/c1-23(87)75-41-49(95)59(37(17-84)115-67(41)109-22-40-62(122-71-56(102)54(100)46(92)34(14-81)112-71)50(96)42(76-24(2)88)66(118-40)108-21-32(65(105)106)79-74(107)110-20-31-29-11-7-5-9-27(29)28-10-6-8-12-30(28)31)120-72-57(103)63(47(93)35(15-82)113-72)124-69-44(78-26(4)90)52(98)61(39(19-86)117-69)121-73-58(104)64(48(94)36(16-83)114-73)123-68-43(77-25(3)89)51(97)60(38(18-85)116-68)119-70-55(101)53(99)45(91)33(13-80)111-70/h5-12,31-64,66-73,80-86,91-104H,13-22H2,1-4H3,(H,75,87)(H,76,88)(H,77,89)(H,78,90)(H,79,107)(H,105,106)/t32?,33-,34-,35-,36-,37-,38-,39-,40-,41-,42-,43-,44-,45+,46+,47+,48+,49-,50-,51-,52-,53+,54?,55-,56-,57-,58-,59-,60-,61-,62?,63+,64+,66-,67?,68?,69?,70?,71+,72?,73?/m1/s1. The van der Waals surface area contributed by atoms with Crippen molar-refractivity contribution in [3.8, 4) is 11.1 Å². The third-order valence-electron chi connectivity index (χ3n) is 22.6. The maximum Gasteiger partial charge on any atom is 0.407 e. The summed E-state index contributed by atoms with van der Waals surface area (Å²) in [6.45, 7) is -5.91. The van der Waals surface area contributed by atoms with Crippen molar-refractivity contribution in [2.75, 3.05) is 66.1 Å². The minimum Gasteiger partial charge on any atom is -0.480 e. The van der Waals surface area contributed by atoms with Crippen LogP contribution in [-0.4, -0.2) is 466 Å². The molecule has 8 fully saturated rings. The van der Waals surface area contributed by atoms with Gasteiger partial charge < -0.3 is 219 Å². The minimum absolute atomic E-state index is 0.250. The van der Waals surface area contributed by atoms with Gasteiger partial charge >= 0.3 is 12.1 Å². The van der Waals surface area contributed by atoms with E-state index in [2.05, 4.69) is 26.6 Å². The Morgan fingerprint density at radius 1 is 0.323 bits per heavy atom. The van der Waals surface area contributed by atoms with Crippen molar-refractivity contribution < 1.29 is 222 Å². The summed E-state index contributed by atoms with van der Waals surface area (Å²) >= 11 is 0. The number of ether oxygens (including phenoxy) is 17. The van der Waals surface area contributed by atoms with Crippen molar-refractivity contribution in [1.29, 1.82) is 0 Å². The molecule has 1 aliphatic carbocycles. The van der Waals surface area contributed by atoms with Crippen LogP contribution in [0.4, 0.5) is 4.79 Å². The molecule has 0 aromatic heterocycles. The van der Waals surface area contributed by atoms with Crippen molar-refractivity contribution in [2.45, 2.75) is 285 Å². The normalized spacial score (nSPS) is 42.1. The van der Waals surface area contributed by atoms with Crippen LogP contribution in [-0.2, 0) is 104 Å². The van der Waals surface area contributed by atoms with Crippen LogP contribution in [0.3, 0.4) is 0 Å². The van der Waals surface area contributed by atoms with Gasteiger partial charge in [-0.25, -0.2) is 9.59 Å². The molecule has 9 unspecified atom stereocenters. The van der Waals surface area contributed by atoms with Crippen LogP contribution < -0.4 is 26.6 Å². The molecule has 2 aromatic carbocycles. The minimum atomic E-state index is -2.38. The molecule has 124 heavy (non-hydrogen) atoms. The van der Waals surface area contributed by atoms with E-state index in [1.807, 2.05) is 36.4 Å². The van der Waals surface area contributed by atoms with Gasteiger partial charge in [0, 0.05) is 33.6 Å². The van der Waals surface area contributed by atoms with Crippen LogP contribution >= 0.6 is 0 Å². The molecule has 8 heterocycles. The highest BCUT2D eigenvalue weighted by Gasteiger charge is 2.61. The van der Waals surface area contributed by atoms with E-state index < -0.39 is 353 Å². The van der Waals surface area contributed by atoms with Crippen molar-refractivity contribution in [2.24, 2.45) is 0 Å². The first-order valence-corrected chi connectivity index (χ1v) is 39.6. The predicted molar refractivity (Wildman–Crippen MR) is 394 cm³/mol. The number of rotatable bonds is 33. The van der Waals surface area contributed by atoms with Gasteiger partial charge in [-0.2, -0.15) is 0 Å². The van der Waals surface area contributed by atoms with E-state index in [0.29, 0.717) is 0 Å². The van der Waals surface area contributed by atoms with Gasteiger partial charge in [-0.05, 0) is 22.3 Å². The first-order chi connectivity index (χ1) is 59.0. The van der Waals surface area contributed by atoms with Crippen LogP contribution in [0.5, 0.6) is 0 Å². The van der Waals surface area contributed by atoms with Crippen LogP contribution in [0, 0.1) is 0 Å². The fourth-order valence-corrected chi connectivity index (χ4v) is 16.3. The highest BCUT2D eigenvalue weighted by molar-refractivity contribution is 5.81. The van der Waals surface area contributed by atoms with Crippen LogP contribution in [0.25, 0.3) is 11.1 Å². The van der Waals surface area contributed by atoms with Crippen molar-refractivity contribution in [1.82, 2.24) is 26.6 Å². The summed E-state index contributed by atoms with van der Waals surface area (Å²) in [4.78, 5) is 78.1. The van der Waals surface area contributed by atoms with Gasteiger partial charge in [0.25, 0.3) is 0 Å². The molecular formula is C74H109N5O45.